The Morgan fingerprint density at radius 1 is 0.806 bits per heavy atom. The van der Waals surface area contributed by atoms with Crippen molar-refractivity contribution in [2.45, 2.75) is 20.8 Å². The number of carbonyl (C=O) groups is 2. The Balaban J connectivity index is 0.000000202. The standard InChI is InChI=1S/C14H13BrN2O2.C12H9BrN2O2/c1-3-19-14(18)11-8-16-9(2)17-13(11)10-6-4-5-7-12(10)15;1-7-14-6-9(12(16)17)11(15-7)8-4-2-3-5-10(8)13/h4-8H,3H2,1-2H3;2-6H,1H3,(H,16,17). The van der Waals surface area contributed by atoms with E-state index in [0.29, 0.717) is 35.2 Å². The number of hydrogen-bond donors (Lipinski definition) is 1. The van der Waals surface area contributed by atoms with Gasteiger partial charge in [0.1, 0.15) is 22.8 Å². The molecule has 0 bridgehead atoms. The summed E-state index contributed by atoms with van der Waals surface area (Å²) in [6.45, 7) is 5.61. The predicted octanol–water partition coefficient (Wildman–Crippen LogP) is 6.30. The van der Waals surface area contributed by atoms with E-state index in [-0.39, 0.29) is 5.56 Å². The van der Waals surface area contributed by atoms with Gasteiger partial charge >= 0.3 is 11.9 Å². The second-order valence-electron chi connectivity index (χ2n) is 7.34. The average Bonchev–Trinajstić information content (AvgIpc) is 2.85. The van der Waals surface area contributed by atoms with Crippen molar-refractivity contribution in [1.29, 1.82) is 0 Å². The monoisotopic (exact) mass is 612 g/mol. The van der Waals surface area contributed by atoms with Crippen LogP contribution in [0.1, 0.15) is 39.3 Å². The maximum Gasteiger partial charge on any atom is 0.341 e. The van der Waals surface area contributed by atoms with Crippen LogP contribution >= 0.6 is 31.9 Å². The molecule has 0 unspecified atom stereocenters. The zero-order chi connectivity index (χ0) is 26.2. The van der Waals surface area contributed by atoms with Crippen molar-refractivity contribution in [2.24, 2.45) is 0 Å². The Hall–Kier alpha value is -3.50. The quantitative estimate of drug-likeness (QED) is 0.261. The van der Waals surface area contributed by atoms with Crippen molar-refractivity contribution in [2.75, 3.05) is 6.61 Å². The molecule has 0 saturated heterocycles. The number of halogens is 2. The number of carbonyl (C=O) groups excluding carboxylic acids is 1. The van der Waals surface area contributed by atoms with Crippen LogP contribution in [-0.2, 0) is 4.74 Å². The predicted molar refractivity (Wildman–Crippen MR) is 143 cm³/mol. The summed E-state index contributed by atoms with van der Waals surface area (Å²) >= 11 is 6.85. The fourth-order valence-corrected chi connectivity index (χ4v) is 4.12. The van der Waals surface area contributed by atoms with Gasteiger partial charge in [-0.2, -0.15) is 0 Å². The first kappa shape index (κ1) is 27.1. The molecule has 0 atom stereocenters. The Morgan fingerprint density at radius 2 is 1.25 bits per heavy atom. The summed E-state index contributed by atoms with van der Waals surface area (Å²) in [5, 5.41) is 9.11. The third kappa shape index (κ3) is 6.58. The van der Waals surface area contributed by atoms with E-state index in [0.717, 1.165) is 20.1 Å². The van der Waals surface area contributed by atoms with Crippen molar-refractivity contribution in [3.63, 3.8) is 0 Å². The number of carboxylic acids is 1. The van der Waals surface area contributed by atoms with E-state index in [2.05, 4.69) is 51.8 Å². The normalized spacial score (nSPS) is 10.2. The molecule has 8 nitrogen and oxygen atoms in total. The van der Waals surface area contributed by atoms with Crippen LogP contribution in [0.2, 0.25) is 0 Å². The molecule has 0 amide bonds. The third-order valence-corrected chi connectivity index (χ3v) is 6.19. The highest BCUT2D eigenvalue weighted by molar-refractivity contribution is 9.11. The van der Waals surface area contributed by atoms with Crippen molar-refractivity contribution >= 4 is 43.8 Å². The van der Waals surface area contributed by atoms with Crippen LogP contribution in [0.15, 0.2) is 69.9 Å². The molecule has 0 radical (unpaired) electrons. The minimum atomic E-state index is -1.03. The van der Waals surface area contributed by atoms with E-state index in [1.165, 1.54) is 12.4 Å². The molecule has 10 heteroatoms. The first-order chi connectivity index (χ1) is 17.2. The van der Waals surface area contributed by atoms with Crippen LogP contribution in [-0.4, -0.2) is 43.6 Å². The largest absolute Gasteiger partial charge is 0.478 e. The molecule has 1 N–H and O–H groups in total. The number of nitrogens with zero attached hydrogens (tertiary/aromatic N) is 4. The molecule has 36 heavy (non-hydrogen) atoms. The van der Waals surface area contributed by atoms with Gasteiger partial charge in [-0.05, 0) is 32.9 Å². The maximum absolute atomic E-state index is 11.9. The minimum absolute atomic E-state index is 0.0995. The smallest absolute Gasteiger partial charge is 0.341 e. The molecule has 0 saturated carbocycles. The molecule has 0 aliphatic carbocycles. The SMILES string of the molecule is CCOC(=O)c1cnc(C)nc1-c1ccccc1Br.Cc1ncc(C(=O)O)c(-c2ccccc2Br)n1. The van der Waals surface area contributed by atoms with Gasteiger partial charge in [0, 0.05) is 32.5 Å². The lowest BCUT2D eigenvalue weighted by Crippen LogP contribution is -2.09. The molecule has 0 aliphatic rings. The first-order valence-electron chi connectivity index (χ1n) is 10.8. The van der Waals surface area contributed by atoms with Crippen molar-refractivity contribution in [3.8, 4) is 22.5 Å². The maximum atomic E-state index is 11.9. The van der Waals surface area contributed by atoms with Crippen LogP contribution in [0.25, 0.3) is 22.5 Å². The van der Waals surface area contributed by atoms with E-state index in [9.17, 15) is 9.59 Å². The number of esters is 1. The van der Waals surface area contributed by atoms with Gasteiger partial charge in [0.2, 0.25) is 0 Å². The van der Waals surface area contributed by atoms with Crippen LogP contribution < -0.4 is 0 Å². The molecule has 184 valence electrons. The van der Waals surface area contributed by atoms with Gasteiger partial charge in [0.25, 0.3) is 0 Å². The van der Waals surface area contributed by atoms with Crippen molar-refractivity contribution in [3.05, 3.63) is 92.6 Å². The first-order valence-corrected chi connectivity index (χ1v) is 12.4. The topological polar surface area (TPSA) is 115 Å². The Kier molecular flexibility index (Phi) is 9.38. The van der Waals surface area contributed by atoms with Gasteiger partial charge < -0.3 is 9.84 Å². The number of aromatic nitrogens is 4. The summed E-state index contributed by atoms with van der Waals surface area (Å²) in [4.78, 5) is 39.6. The highest BCUT2D eigenvalue weighted by Gasteiger charge is 2.18. The summed E-state index contributed by atoms with van der Waals surface area (Å²) in [7, 11) is 0. The number of hydrogen-bond acceptors (Lipinski definition) is 7. The molecule has 0 aliphatic heterocycles. The summed E-state index contributed by atoms with van der Waals surface area (Å²) in [6, 6.07) is 15.0. The number of rotatable bonds is 5. The van der Waals surface area contributed by atoms with Gasteiger partial charge in [0.15, 0.2) is 0 Å². The number of benzene rings is 2. The number of aryl methyl sites for hydroxylation is 2. The van der Waals surface area contributed by atoms with Gasteiger partial charge in [-0.15, -0.1) is 0 Å². The van der Waals surface area contributed by atoms with E-state index >= 15 is 0 Å². The van der Waals surface area contributed by atoms with Crippen LogP contribution in [0.4, 0.5) is 0 Å². The van der Waals surface area contributed by atoms with E-state index < -0.39 is 11.9 Å². The Morgan fingerprint density at radius 3 is 1.69 bits per heavy atom. The average molecular weight is 614 g/mol. The molecule has 2 heterocycles. The lowest BCUT2D eigenvalue weighted by molar-refractivity contribution is 0.0525. The van der Waals surface area contributed by atoms with Crippen molar-refractivity contribution in [1.82, 2.24) is 19.9 Å². The second kappa shape index (κ2) is 12.5. The fourth-order valence-electron chi connectivity index (χ4n) is 3.17. The fraction of sp³-hybridized carbons (Fsp3) is 0.154. The highest BCUT2D eigenvalue weighted by atomic mass is 79.9. The number of aromatic carboxylic acids is 1. The van der Waals surface area contributed by atoms with Crippen LogP contribution in [0.3, 0.4) is 0 Å². The Labute approximate surface area is 225 Å². The summed E-state index contributed by atoms with van der Waals surface area (Å²) in [6.07, 6.45) is 2.84. The van der Waals surface area contributed by atoms with E-state index in [4.69, 9.17) is 9.84 Å². The summed E-state index contributed by atoms with van der Waals surface area (Å²) in [5.74, 6) is -0.288. The molecule has 2 aromatic heterocycles. The molecule has 4 rings (SSSR count). The molecule has 4 aromatic rings. The second-order valence-corrected chi connectivity index (χ2v) is 9.05. The molecule has 0 fully saturated rings. The molecule has 0 spiro atoms. The van der Waals surface area contributed by atoms with Gasteiger partial charge in [0.05, 0.1) is 18.0 Å². The van der Waals surface area contributed by atoms with E-state index in [1.807, 2.05) is 48.5 Å². The molecular formula is C26H22Br2N4O4. The van der Waals surface area contributed by atoms with Crippen LogP contribution in [0, 0.1) is 13.8 Å². The lowest BCUT2D eigenvalue weighted by atomic mass is 10.1. The zero-order valence-corrected chi connectivity index (χ0v) is 22.9. The highest BCUT2D eigenvalue weighted by Crippen LogP contribution is 2.30. The summed E-state index contributed by atoms with van der Waals surface area (Å²) < 4.78 is 6.72. The number of ether oxygens (including phenoxy) is 1. The van der Waals surface area contributed by atoms with Gasteiger partial charge in [-0.1, -0.05) is 68.3 Å². The van der Waals surface area contributed by atoms with Gasteiger partial charge in [-0.25, -0.2) is 29.5 Å². The van der Waals surface area contributed by atoms with Crippen LogP contribution in [0.5, 0.6) is 0 Å². The number of carboxylic acid groups (broad SMARTS) is 1. The van der Waals surface area contributed by atoms with Crippen molar-refractivity contribution < 1.29 is 19.4 Å². The van der Waals surface area contributed by atoms with Gasteiger partial charge in [-0.3, -0.25) is 0 Å². The minimum Gasteiger partial charge on any atom is -0.478 e. The molecule has 2 aromatic carbocycles. The molecular weight excluding hydrogens is 592 g/mol. The summed E-state index contributed by atoms with van der Waals surface area (Å²) in [5.41, 5.74) is 3.07. The third-order valence-electron chi connectivity index (χ3n) is 4.80. The van der Waals surface area contributed by atoms with E-state index in [1.54, 1.807) is 20.8 Å². The zero-order valence-electron chi connectivity index (χ0n) is 19.7. The Bertz CT molecular complexity index is 1410. The lowest BCUT2D eigenvalue weighted by Gasteiger charge is -2.09.